The van der Waals surface area contributed by atoms with Crippen LogP contribution in [0.4, 0.5) is 0 Å². The predicted octanol–water partition coefficient (Wildman–Crippen LogP) is 9.63. The lowest BCUT2D eigenvalue weighted by Gasteiger charge is -2.20. The lowest BCUT2D eigenvalue weighted by atomic mass is 10.1. The minimum absolute atomic E-state index is 0.0728. The Morgan fingerprint density at radius 1 is 0.674 bits per heavy atom. The molecule has 0 spiro atoms. The zero-order chi connectivity index (χ0) is 33.8. The van der Waals surface area contributed by atoms with Gasteiger partial charge < -0.3 is 20.1 Å². The molecule has 0 fully saturated rings. The van der Waals surface area contributed by atoms with Gasteiger partial charge in [-0.3, -0.25) is 13.8 Å². The molecule has 0 saturated heterocycles. The van der Waals surface area contributed by atoms with Crippen molar-refractivity contribution < 1.29 is 32.8 Å². The van der Waals surface area contributed by atoms with Crippen LogP contribution in [0, 0.1) is 0 Å². The molecule has 0 heterocycles. The van der Waals surface area contributed by atoms with Crippen LogP contribution in [0.5, 0.6) is 0 Å². The SMILES string of the molecule is CC/C=C\C/C=C\C/C=C\C/C=C\C/C=C\C/C=C\CCCOCC(COP(=O)(O)OCCN)OC(=O)CCCCCCCCC. The summed E-state index contributed by atoms with van der Waals surface area (Å²) >= 11 is 0. The van der Waals surface area contributed by atoms with Gasteiger partial charge in [0, 0.05) is 19.6 Å². The van der Waals surface area contributed by atoms with E-state index in [2.05, 4.69) is 86.8 Å². The molecule has 3 N–H and O–H groups in total. The zero-order valence-corrected chi connectivity index (χ0v) is 29.7. The number of hydrogen-bond acceptors (Lipinski definition) is 7. The second kappa shape index (κ2) is 34.3. The Kier molecular flexibility index (Phi) is 32.7. The molecule has 0 aromatic heterocycles. The van der Waals surface area contributed by atoms with Crippen molar-refractivity contribution in [2.24, 2.45) is 5.73 Å². The van der Waals surface area contributed by atoms with Gasteiger partial charge in [-0.1, -0.05) is 125 Å². The molecule has 0 amide bonds. The van der Waals surface area contributed by atoms with E-state index in [4.69, 9.17) is 24.3 Å². The van der Waals surface area contributed by atoms with Crippen LogP contribution in [0.2, 0.25) is 0 Å². The smallest absolute Gasteiger partial charge is 0.457 e. The van der Waals surface area contributed by atoms with E-state index < -0.39 is 13.9 Å². The van der Waals surface area contributed by atoms with Crippen LogP contribution in [-0.2, 0) is 27.9 Å². The molecule has 0 aliphatic carbocycles. The second-order valence-corrected chi connectivity index (χ2v) is 12.5. The summed E-state index contributed by atoms with van der Waals surface area (Å²) in [6.45, 7) is 4.56. The van der Waals surface area contributed by atoms with E-state index in [0.717, 1.165) is 70.6 Å². The average Bonchev–Trinajstić information content (AvgIpc) is 3.04. The second-order valence-electron chi connectivity index (χ2n) is 11.0. The summed E-state index contributed by atoms with van der Waals surface area (Å²) in [7, 11) is -4.28. The lowest BCUT2D eigenvalue weighted by Crippen LogP contribution is -2.28. The van der Waals surface area contributed by atoms with E-state index in [1.54, 1.807) is 0 Å². The summed E-state index contributed by atoms with van der Waals surface area (Å²) in [5, 5.41) is 0. The number of phosphoric ester groups is 1. The highest BCUT2D eigenvalue weighted by molar-refractivity contribution is 7.47. The molecule has 2 unspecified atom stereocenters. The van der Waals surface area contributed by atoms with E-state index in [1.807, 2.05) is 0 Å². The quantitative estimate of drug-likeness (QED) is 0.0316. The molecule has 0 aromatic rings. The number of carbonyl (C=O) groups is 1. The molecule has 46 heavy (non-hydrogen) atoms. The van der Waals surface area contributed by atoms with Gasteiger partial charge in [0.25, 0.3) is 0 Å². The van der Waals surface area contributed by atoms with Gasteiger partial charge in [-0.05, 0) is 57.8 Å². The van der Waals surface area contributed by atoms with Crippen LogP contribution in [0.3, 0.4) is 0 Å². The van der Waals surface area contributed by atoms with Crippen LogP contribution in [0.25, 0.3) is 0 Å². The Hall–Kier alpha value is -2.06. The maximum Gasteiger partial charge on any atom is 0.472 e. The van der Waals surface area contributed by atoms with Gasteiger partial charge in [0.2, 0.25) is 0 Å². The van der Waals surface area contributed by atoms with Gasteiger partial charge in [-0.25, -0.2) is 4.57 Å². The Bertz CT molecular complexity index is 927. The molecule has 0 aromatic carbocycles. The molecular weight excluding hydrogens is 601 g/mol. The first-order valence-electron chi connectivity index (χ1n) is 17.4. The van der Waals surface area contributed by atoms with Crippen molar-refractivity contribution in [2.75, 3.05) is 33.0 Å². The molecule has 0 aliphatic rings. The third kappa shape index (κ3) is 33.3. The van der Waals surface area contributed by atoms with Gasteiger partial charge in [-0.15, -0.1) is 0 Å². The van der Waals surface area contributed by atoms with Crippen molar-refractivity contribution in [1.82, 2.24) is 0 Å². The van der Waals surface area contributed by atoms with Gasteiger partial charge in [0.15, 0.2) is 0 Å². The fourth-order valence-electron chi connectivity index (χ4n) is 4.13. The number of ether oxygens (including phenoxy) is 2. The topological polar surface area (TPSA) is 117 Å². The normalized spacial score (nSPS) is 14.6. The van der Waals surface area contributed by atoms with Gasteiger partial charge in [0.05, 0.1) is 19.8 Å². The van der Waals surface area contributed by atoms with E-state index in [9.17, 15) is 14.3 Å². The first-order valence-corrected chi connectivity index (χ1v) is 18.9. The van der Waals surface area contributed by atoms with E-state index >= 15 is 0 Å². The Morgan fingerprint density at radius 3 is 1.74 bits per heavy atom. The van der Waals surface area contributed by atoms with Crippen LogP contribution in [0.1, 0.15) is 117 Å². The molecule has 0 saturated carbocycles. The van der Waals surface area contributed by atoms with Crippen LogP contribution < -0.4 is 5.73 Å². The molecular formula is C37H64NO7P. The molecule has 0 radical (unpaired) electrons. The highest BCUT2D eigenvalue weighted by Gasteiger charge is 2.25. The summed E-state index contributed by atoms with van der Waals surface area (Å²) in [4.78, 5) is 22.2. The average molecular weight is 666 g/mol. The van der Waals surface area contributed by atoms with Crippen molar-refractivity contribution in [3.63, 3.8) is 0 Å². The molecule has 2 atom stereocenters. The van der Waals surface area contributed by atoms with Crippen LogP contribution in [-0.4, -0.2) is 49.9 Å². The van der Waals surface area contributed by atoms with E-state index in [1.165, 1.54) is 25.7 Å². The summed E-state index contributed by atoms with van der Waals surface area (Å²) in [5.74, 6) is -0.362. The number of hydrogen-bond donors (Lipinski definition) is 2. The molecule has 0 bridgehead atoms. The van der Waals surface area contributed by atoms with Crippen molar-refractivity contribution in [3.8, 4) is 0 Å². The van der Waals surface area contributed by atoms with Gasteiger partial charge in [-0.2, -0.15) is 0 Å². The van der Waals surface area contributed by atoms with E-state index in [0.29, 0.717) is 13.0 Å². The monoisotopic (exact) mass is 665 g/mol. The maximum atomic E-state index is 12.4. The highest BCUT2D eigenvalue weighted by atomic mass is 31.2. The Balaban J connectivity index is 4.18. The number of phosphoric acid groups is 1. The number of allylic oxidation sites excluding steroid dienone is 12. The minimum atomic E-state index is -4.28. The molecule has 0 rings (SSSR count). The first kappa shape index (κ1) is 43.9. The van der Waals surface area contributed by atoms with Crippen LogP contribution >= 0.6 is 7.82 Å². The Labute approximate surface area is 280 Å². The largest absolute Gasteiger partial charge is 0.472 e. The van der Waals surface area contributed by atoms with Crippen molar-refractivity contribution in [1.29, 1.82) is 0 Å². The predicted molar refractivity (Wildman–Crippen MR) is 192 cm³/mol. The number of unbranched alkanes of at least 4 members (excludes halogenated alkanes) is 7. The number of rotatable bonds is 32. The van der Waals surface area contributed by atoms with Crippen LogP contribution in [0.15, 0.2) is 72.9 Å². The first-order chi connectivity index (χ1) is 22.4. The van der Waals surface area contributed by atoms with Gasteiger partial charge in [0.1, 0.15) is 6.10 Å². The fourth-order valence-corrected chi connectivity index (χ4v) is 4.89. The molecule has 8 nitrogen and oxygen atoms in total. The fraction of sp³-hybridized carbons (Fsp3) is 0.649. The Morgan fingerprint density at radius 2 is 1.20 bits per heavy atom. The number of carbonyl (C=O) groups excluding carboxylic acids is 1. The third-order valence-electron chi connectivity index (χ3n) is 6.64. The summed E-state index contributed by atoms with van der Waals surface area (Å²) in [6.07, 6.45) is 40.9. The molecule has 0 aliphatic heterocycles. The standard InChI is InChI=1S/C37H64NO7P/c1-3-5-7-9-11-12-13-14-15-16-17-18-19-20-21-22-23-25-27-29-32-42-34-36(35-44-46(40,41)43-33-31-38)45-37(39)30-28-26-24-10-8-6-4-2/h5,7,11-12,14-15,17-18,20-21,23,25,36H,3-4,6,8-10,13,16,19,22,24,26-35,38H2,1-2H3,(H,40,41)/b7-5-,12-11-,15-14-,18-17-,21-20-,25-23-. The lowest BCUT2D eigenvalue weighted by molar-refractivity contribution is -0.154. The minimum Gasteiger partial charge on any atom is -0.457 e. The number of esters is 1. The molecule has 9 heteroatoms. The molecule has 264 valence electrons. The number of nitrogens with two attached hydrogens (primary N) is 1. The van der Waals surface area contributed by atoms with E-state index in [-0.39, 0.29) is 32.3 Å². The maximum absolute atomic E-state index is 12.4. The van der Waals surface area contributed by atoms with Gasteiger partial charge >= 0.3 is 13.8 Å². The summed E-state index contributed by atoms with van der Waals surface area (Å²) in [6, 6.07) is 0. The van der Waals surface area contributed by atoms with Crippen molar-refractivity contribution >= 4 is 13.8 Å². The summed E-state index contributed by atoms with van der Waals surface area (Å²) < 4.78 is 33.0. The van der Waals surface area contributed by atoms with Crippen molar-refractivity contribution in [2.45, 2.75) is 123 Å². The summed E-state index contributed by atoms with van der Waals surface area (Å²) in [5.41, 5.74) is 5.32. The van der Waals surface area contributed by atoms with Crippen molar-refractivity contribution in [3.05, 3.63) is 72.9 Å². The highest BCUT2D eigenvalue weighted by Crippen LogP contribution is 2.43. The third-order valence-corrected chi connectivity index (χ3v) is 7.62. The zero-order valence-electron chi connectivity index (χ0n) is 28.8.